The summed E-state index contributed by atoms with van der Waals surface area (Å²) in [5.74, 6) is 0.734. The molecule has 0 aromatic carbocycles. The van der Waals surface area contributed by atoms with E-state index < -0.39 is 0 Å². The minimum Gasteiger partial charge on any atom is -0.472 e. The zero-order valence-corrected chi connectivity index (χ0v) is 13.0. The SMILES string of the molecule is CCCc1cc(CNCC)cc(OCc2cccs2)n1. The van der Waals surface area contributed by atoms with Crippen LogP contribution in [0.2, 0.25) is 0 Å². The molecule has 0 bridgehead atoms. The van der Waals surface area contributed by atoms with Crippen LogP contribution in [0, 0.1) is 0 Å². The van der Waals surface area contributed by atoms with E-state index in [4.69, 9.17) is 4.74 Å². The number of rotatable bonds is 8. The summed E-state index contributed by atoms with van der Waals surface area (Å²) in [6.07, 6.45) is 2.09. The number of aromatic nitrogens is 1. The van der Waals surface area contributed by atoms with Crippen molar-refractivity contribution in [3.8, 4) is 5.88 Å². The van der Waals surface area contributed by atoms with E-state index in [1.807, 2.05) is 12.1 Å². The van der Waals surface area contributed by atoms with Gasteiger partial charge in [0.1, 0.15) is 6.61 Å². The van der Waals surface area contributed by atoms with E-state index in [0.717, 1.165) is 37.5 Å². The Kier molecular flexibility index (Phi) is 6.02. The largest absolute Gasteiger partial charge is 0.472 e. The first-order valence-corrected chi connectivity index (χ1v) is 8.05. The van der Waals surface area contributed by atoms with Crippen molar-refractivity contribution in [3.05, 3.63) is 45.8 Å². The lowest BCUT2D eigenvalue weighted by molar-refractivity contribution is 0.296. The van der Waals surface area contributed by atoms with E-state index in [1.54, 1.807) is 11.3 Å². The average Bonchev–Trinajstić information content (AvgIpc) is 2.96. The van der Waals surface area contributed by atoms with Gasteiger partial charge < -0.3 is 10.1 Å². The number of thiophene rings is 1. The van der Waals surface area contributed by atoms with Crippen LogP contribution in [0.25, 0.3) is 0 Å². The lowest BCUT2D eigenvalue weighted by Gasteiger charge is -2.10. The average molecular weight is 290 g/mol. The molecule has 0 atom stereocenters. The number of nitrogens with zero attached hydrogens (tertiary/aromatic N) is 1. The number of nitrogens with one attached hydrogen (secondary N) is 1. The smallest absolute Gasteiger partial charge is 0.214 e. The van der Waals surface area contributed by atoms with Gasteiger partial charge in [-0.2, -0.15) is 0 Å². The fourth-order valence-corrected chi connectivity index (χ4v) is 2.61. The van der Waals surface area contributed by atoms with Crippen LogP contribution >= 0.6 is 11.3 Å². The molecule has 0 spiro atoms. The number of hydrogen-bond donors (Lipinski definition) is 1. The molecule has 2 heterocycles. The van der Waals surface area contributed by atoms with E-state index >= 15 is 0 Å². The molecule has 0 aliphatic heterocycles. The molecular weight excluding hydrogens is 268 g/mol. The van der Waals surface area contributed by atoms with Crippen LogP contribution in [-0.4, -0.2) is 11.5 Å². The molecule has 0 saturated carbocycles. The first-order chi connectivity index (χ1) is 9.81. The molecule has 1 N–H and O–H groups in total. The van der Waals surface area contributed by atoms with Gasteiger partial charge in [-0.05, 0) is 36.0 Å². The van der Waals surface area contributed by atoms with Crippen LogP contribution in [0.4, 0.5) is 0 Å². The fraction of sp³-hybridized carbons (Fsp3) is 0.438. The number of pyridine rings is 1. The first-order valence-electron chi connectivity index (χ1n) is 7.17. The lowest BCUT2D eigenvalue weighted by Crippen LogP contribution is -2.12. The third kappa shape index (κ3) is 4.62. The van der Waals surface area contributed by atoms with Crippen LogP contribution in [-0.2, 0) is 19.6 Å². The van der Waals surface area contributed by atoms with Gasteiger partial charge in [0.2, 0.25) is 5.88 Å². The molecule has 0 aliphatic carbocycles. The molecule has 0 saturated heterocycles. The second-order valence-electron chi connectivity index (χ2n) is 4.70. The van der Waals surface area contributed by atoms with E-state index in [-0.39, 0.29) is 0 Å². The van der Waals surface area contributed by atoms with Gasteiger partial charge in [-0.15, -0.1) is 11.3 Å². The second kappa shape index (κ2) is 8.02. The van der Waals surface area contributed by atoms with Crippen molar-refractivity contribution in [1.29, 1.82) is 0 Å². The molecule has 0 amide bonds. The highest BCUT2D eigenvalue weighted by Crippen LogP contribution is 2.17. The standard InChI is InChI=1S/C16H22N2OS/c1-3-6-14-9-13(11-17-4-2)10-16(18-14)19-12-15-7-5-8-20-15/h5,7-10,17H,3-4,6,11-12H2,1-2H3. The highest BCUT2D eigenvalue weighted by atomic mass is 32.1. The van der Waals surface area contributed by atoms with Crippen LogP contribution < -0.4 is 10.1 Å². The number of ether oxygens (including phenoxy) is 1. The molecule has 20 heavy (non-hydrogen) atoms. The van der Waals surface area contributed by atoms with Gasteiger partial charge in [0, 0.05) is 23.2 Å². The molecule has 108 valence electrons. The number of hydrogen-bond acceptors (Lipinski definition) is 4. The van der Waals surface area contributed by atoms with Crippen LogP contribution in [0.15, 0.2) is 29.6 Å². The summed E-state index contributed by atoms with van der Waals surface area (Å²) in [7, 11) is 0. The minimum atomic E-state index is 0.598. The molecule has 2 rings (SSSR count). The van der Waals surface area contributed by atoms with E-state index in [9.17, 15) is 0 Å². The van der Waals surface area contributed by atoms with E-state index in [2.05, 4.69) is 41.7 Å². The normalized spacial score (nSPS) is 10.7. The highest BCUT2D eigenvalue weighted by Gasteiger charge is 2.04. The second-order valence-corrected chi connectivity index (χ2v) is 5.74. The number of aryl methyl sites for hydroxylation is 1. The molecule has 0 fully saturated rings. The molecule has 0 aliphatic rings. The Morgan fingerprint density at radius 2 is 2.20 bits per heavy atom. The third-order valence-electron chi connectivity index (χ3n) is 2.94. The van der Waals surface area contributed by atoms with Crippen molar-refractivity contribution in [3.63, 3.8) is 0 Å². The lowest BCUT2D eigenvalue weighted by atomic mass is 10.1. The predicted molar refractivity (Wildman–Crippen MR) is 84.3 cm³/mol. The van der Waals surface area contributed by atoms with Crippen molar-refractivity contribution in [2.75, 3.05) is 6.54 Å². The maximum Gasteiger partial charge on any atom is 0.214 e. The fourth-order valence-electron chi connectivity index (χ4n) is 1.99. The molecular formula is C16H22N2OS. The maximum atomic E-state index is 5.83. The van der Waals surface area contributed by atoms with Crippen LogP contribution in [0.1, 0.15) is 36.4 Å². The van der Waals surface area contributed by atoms with Crippen molar-refractivity contribution in [1.82, 2.24) is 10.3 Å². The van der Waals surface area contributed by atoms with Gasteiger partial charge in [0.05, 0.1) is 0 Å². The van der Waals surface area contributed by atoms with Gasteiger partial charge >= 0.3 is 0 Å². The molecule has 0 unspecified atom stereocenters. The van der Waals surface area contributed by atoms with Crippen molar-refractivity contribution in [2.24, 2.45) is 0 Å². The van der Waals surface area contributed by atoms with Gasteiger partial charge in [-0.25, -0.2) is 4.98 Å². The Hall–Kier alpha value is -1.39. The molecule has 3 nitrogen and oxygen atoms in total. The third-order valence-corrected chi connectivity index (χ3v) is 3.79. The van der Waals surface area contributed by atoms with Crippen molar-refractivity contribution in [2.45, 2.75) is 39.8 Å². The summed E-state index contributed by atoms with van der Waals surface area (Å²) < 4.78 is 5.83. The van der Waals surface area contributed by atoms with E-state index in [0.29, 0.717) is 6.61 Å². The van der Waals surface area contributed by atoms with Crippen molar-refractivity contribution >= 4 is 11.3 Å². The highest BCUT2D eigenvalue weighted by molar-refractivity contribution is 7.09. The van der Waals surface area contributed by atoms with Crippen LogP contribution in [0.3, 0.4) is 0 Å². The quantitative estimate of drug-likeness (QED) is 0.803. The Labute approximate surface area is 125 Å². The topological polar surface area (TPSA) is 34.1 Å². The maximum absolute atomic E-state index is 5.83. The zero-order chi connectivity index (χ0) is 14.2. The summed E-state index contributed by atoms with van der Waals surface area (Å²) in [5, 5.41) is 5.42. The summed E-state index contributed by atoms with van der Waals surface area (Å²) in [5.41, 5.74) is 2.36. The predicted octanol–water partition coefficient (Wildman–Crippen LogP) is 3.78. The Balaban J connectivity index is 2.06. The summed E-state index contributed by atoms with van der Waals surface area (Å²) in [6.45, 7) is 6.72. The Morgan fingerprint density at radius 1 is 1.30 bits per heavy atom. The summed E-state index contributed by atoms with van der Waals surface area (Å²) in [4.78, 5) is 5.81. The van der Waals surface area contributed by atoms with Crippen molar-refractivity contribution < 1.29 is 4.74 Å². The Bertz CT molecular complexity index is 511. The molecule has 0 radical (unpaired) electrons. The molecule has 2 aromatic heterocycles. The first kappa shape index (κ1) is 15.0. The molecule has 2 aromatic rings. The van der Waals surface area contributed by atoms with E-state index in [1.165, 1.54) is 10.4 Å². The van der Waals surface area contributed by atoms with Gasteiger partial charge in [0.25, 0.3) is 0 Å². The zero-order valence-electron chi connectivity index (χ0n) is 12.2. The molecule has 4 heteroatoms. The van der Waals surface area contributed by atoms with Gasteiger partial charge in [-0.3, -0.25) is 0 Å². The van der Waals surface area contributed by atoms with Crippen LogP contribution in [0.5, 0.6) is 5.88 Å². The monoisotopic (exact) mass is 290 g/mol. The van der Waals surface area contributed by atoms with Gasteiger partial charge in [0.15, 0.2) is 0 Å². The summed E-state index contributed by atoms with van der Waals surface area (Å²) in [6, 6.07) is 8.33. The Morgan fingerprint density at radius 3 is 2.90 bits per heavy atom. The summed E-state index contributed by atoms with van der Waals surface area (Å²) >= 11 is 1.71. The minimum absolute atomic E-state index is 0.598. The van der Waals surface area contributed by atoms with Gasteiger partial charge in [-0.1, -0.05) is 26.3 Å².